The van der Waals surface area contributed by atoms with Gasteiger partial charge in [0.2, 0.25) is 0 Å². The topological polar surface area (TPSA) is 53.7 Å². The first-order valence-electron chi connectivity index (χ1n) is 6.31. The second kappa shape index (κ2) is 5.59. The molecule has 0 radical (unpaired) electrons. The fourth-order valence-electron chi connectivity index (χ4n) is 2.15. The molecule has 0 saturated carbocycles. The van der Waals surface area contributed by atoms with E-state index in [0.29, 0.717) is 6.61 Å². The van der Waals surface area contributed by atoms with Crippen molar-refractivity contribution in [3.8, 4) is 11.5 Å². The lowest BCUT2D eigenvalue weighted by Gasteiger charge is -2.27. The van der Waals surface area contributed by atoms with Crippen molar-refractivity contribution in [2.45, 2.75) is 31.4 Å². The van der Waals surface area contributed by atoms with Gasteiger partial charge in [-0.2, -0.15) is 0 Å². The molecule has 1 fully saturated rings. The number of methoxy groups -OCH3 is 1. The Morgan fingerprint density at radius 2 is 2.00 bits per heavy atom. The molecule has 18 heavy (non-hydrogen) atoms. The number of benzene rings is 1. The van der Waals surface area contributed by atoms with Crippen LogP contribution in [0.1, 0.15) is 19.8 Å². The van der Waals surface area contributed by atoms with E-state index in [4.69, 9.17) is 19.9 Å². The van der Waals surface area contributed by atoms with Crippen LogP contribution in [0.4, 0.5) is 0 Å². The predicted octanol–water partition coefficient (Wildman–Crippen LogP) is 1.97. The molecule has 0 aromatic heterocycles. The molecule has 2 N–H and O–H groups in total. The highest BCUT2D eigenvalue weighted by molar-refractivity contribution is 5.31. The van der Waals surface area contributed by atoms with Gasteiger partial charge in [0.15, 0.2) is 0 Å². The molecular weight excluding hydrogens is 230 g/mol. The summed E-state index contributed by atoms with van der Waals surface area (Å²) in [6.45, 7) is 3.39. The van der Waals surface area contributed by atoms with Gasteiger partial charge in [-0.05, 0) is 37.6 Å². The van der Waals surface area contributed by atoms with Gasteiger partial charge < -0.3 is 19.9 Å². The highest BCUT2D eigenvalue weighted by Gasteiger charge is 2.37. The number of rotatable bonds is 5. The van der Waals surface area contributed by atoms with Gasteiger partial charge in [0.05, 0.1) is 19.8 Å². The third-order valence-electron chi connectivity index (χ3n) is 3.64. The van der Waals surface area contributed by atoms with E-state index >= 15 is 0 Å². The fourth-order valence-corrected chi connectivity index (χ4v) is 2.15. The Morgan fingerprint density at radius 1 is 1.33 bits per heavy atom. The fraction of sp³-hybridized carbons (Fsp3) is 0.571. The molecule has 2 unspecified atom stereocenters. The summed E-state index contributed by atoms with van der Waals surface area (Å²) in [5, 5.41) is 0. The van der Waals surface area contributed by atoms with Crippen molar-refractivity contribution in [2.75, 3.05) is 20.3 Å². The molecule has 4 heteroatoms. The zero-order valence-corrected chi connectivity index (χ0v) is 11.0. The molecule has 0 bridgehead atoms. The Hall–Kier alpha value is -1.26. The normalized spacial score (nSPS) is 27.2. The Morgan fingerprint density at radius 3 is 2.56 bits per heavy atom. The summed E-state index contributed by atoms with van der Waals surface area (Å²) >= 11 is 0. The second-order valence-corrected chi connectivity index (χ2v) is 4.77. The van der Waals surface area contributed by atoms with Gasteiger partial charge in [-0.3, -0.25) is 0 Å². The molecule has 2 rings (SSSR count). The minimum absolute atomic E-state index is 0.108. The average molecular weight is 251 g/mol. The third kappa shape index (κ3) is 2.94. The van der Waals surface area contributed by atoms with Crippen LogP contribution in [0.15, 0.2) is 24.3 Å². The number of hydrogen-bond donors (Lipinski definition) is 1. The van der Waals surface area contributed by atoms with Crippen molar-refractivity contribution in [2.24, 2.45) is 5.73 Å². The molecule has 1 aromatic rings. The molecule has 1 aromatic carbocycles. The molecule has 0 aliphatic carbocycles. The number of nitrogens with two attached hydrogens (primary N) is 1. The molecule has 0 spiro atoms. The summed E-state index contributed by atoms with van der Waals surface area (Å²) in [6.07, 6.45) is 1.82. The zero-order chi connectivity index (χ0) is 13.0. The van der Waals surface area contributed by atoms with Gasteiger partial charge in [-0.1, -0.05) is 0 Å². The summed E-state index contributed by atoms with van der Waals surface area (Å²) in [4.78, 5) is 0. The first kappa shape index (κ1) is 13.2. The largest absolute Gasteiger partial charge is 0.497 e. The van der Waals surface area contributed by atoms with Crippen molar-refractivity contribution >= 4 is 0 Å². The Bertz CT molecular complexity index is 379. The predicted molar refractivity (Wildman–Crippen MR) is 70.1 cm³/mol. The zero-order valence-electron chi connectivity index (χ0n) is 11.0. The van der Waals surface area contributed by atoms with Crippen LogP contribution >= 0.6 is 0 Å². The van der Waals surface area contributed by atoms with Crippen LogP contribution in [0.5, 0.6) is 11.5 Å². The quantitative estimate of drug-likeness (QED) is 0.869. The molecule has 0 amide bonds. The Labute approximate surface area is 108 Å². The van der Waals surface area contributed by atoms with Gasteiger partial charge in [0.1, 0.15) is 11.5 Å². The van der Waals surface area contributed by atoms with E-state index in [1.54, 1.807) is 7.11 Å². The minimum atomic E-state index is -0.244. The van der Waals surface area contributed by atoms with E-state index in [-0.39, 0.29) is 11.6 Å². The Kier molecular flexibility index (Phi) is 4.09. The van der Waals surface area contributed by atoms with Crippen LogP contribution in [-0.2, 0) is 4.74 Å². The lowest BCUT2D eigenvalue weighted by Crippen LogP contribution is -2.47. The first-order chi connectivity index (χ1) is 8.64. The van der Waals surface area contributed by atoms with E-state index < -0.39 is 0 Å². The van der Waals surface area contributed by atoms with Gasteiger partial charge in [-0.15, -0.1) is 0 Å². The monoisotopic (exact) mass is 251 g/mol. The lowest BCUT2D eigenvalue weighted by molar-refractivity contribution is 0.0874. The molecule has 1 saturated heterocycles. The van der Waals surface area contributed by atoms with Crippen LogP contribution in [0, 0.1) is 0 Å². The summed E-state index contributed by atoms with van der Waals surface area (Å²) in [6, 6.07) is 7.57. The summed E-state index contributed by atoms with van der Waals surface area (Å²) in [5.41, 5.74) is 6.04. The van der Waals surface area contributed by atoms with Gasteiger partial charge in [-0.25, -0.2) is 0 Å². The highest BCUT2D eigenvalue weighted by atomic mass is 16.5. The summed E-state index contributed by atoms with van der Waals surface area (Å²) in [7, 11) is 1.65. The highest BCUT2D eigenvalue weighted by Crippen LogP contribution is 2.26. The lowest BCUT2D eigenvalue weighted by atomic mass is 9.90. The van der Waals surface area contributed by atoms with E-state index in [1.807, 2.05) is 31.2 Å². The maximum Gasteiger partial charge on any atom is 0.119 e. The van der Waals surface area contributed by atoms with Crippen molar-refractivity contribution in [3.63, 3.8) is 0 Å². The van der Waals surface area contributed by atoms with Gasteiger partial charge >= 0.3 is 0 Å². The van der Waals surface area contributed by atoms with Crippen molar-refractivity contribution in [1.82, 2.24) is 0 Å². The van der Waals surface area contributed by atoms with E-state index in [0.717, 1.165) is 30.9 Å². The van der Waals surface area contributed by atoms with Crippen LogP contribution in [0.25, 0.3) is 0 Å². The van der Waals surface area contributed by atoms with Crippen LogP contribution in [0.3, 0.4) is 0 Å². The second-order valence-electron chi connectivity index (χ2n) is 4.77. The molecule has 1 aliphatic heterocycles. The smallest absolute Gasteiger partial charge is 0.119 e. The van der Waals surface area contributed by atoms with Gasteiger partial charge in [0.25, 0.3) is 0 Å². The third-order valence-corrected chi connectivity index (χ3v) is 3.64. The van der Waals surface area contributed by atoms with Crippen LogP contribution in [0.2, 0.25) is 0 Å². The summed E-state index contributed by atoms with van der Waals surface area (Å²) in [5.74, 6) is 1.67. The SMILES string of the molecule is COc1ccc(OCCC2(N)CCOC2C)cc1. The summed E-state index contributed by atoms with van der Waals surface area (Å²) < 4.78 is 16.3. The standard InChI is InChI=1S/C14H21NO3/c1-11-14(15,7-9-17-11)8-10-18-13-5-3-12(16-2)4-6-13/h3-6,11H,7-10,15H2,1-2H3. The van der Waals surface area contributed by atoms with E-state index in [9.17, 15) is 0 Å². The maximum absolute atomic E-state index is 6.29. The number of hydrogen-bond acceptors (Lipinski definition) is 4. The molecule has 1 aliphatic rings. The van der Waals surface area contributed by atoms with Gasteiger partial charge in [0, 0.05) is 18.6 Å². The van der Waals surface area contributed by atoms with Crippen LogP contribution in [-0.4, -0.2) is 32.0 Å². The van der Waals surface area contributed by atoms with Crippen molar-refractivity contribution < 1.29 is 14.2 Å². The average Bonchev–Trinajstić information content (AvgIpc) is 2.71. The molecule has 1 heterocycles. The number of ether oxygens (including phenoxy) is 3. The molecule has 100 valence electrons. The van der Waals surface area contributed by atoms with E-state index in [1.165, 1.54) is 0 Å². The molecule has 4 nitrogen and oxygen atoms in total. The first-order valence-corrected chi connectivity index (χ1v) is 6.31. The van der Waals surface area contributed by atoms with Crippen molar-refractivity contribution in [3.05, 3.63) is 24.3 Å². The van der Waals surface area contributed by atoms with Crippen LogP contribution < -0.4 is 15.2 Å². The molecule has 2 atom stereocenters. The van der Waals surface area contributed by atoms with Crippen molar-refractivity contribution in [1.29, 1.82) is 0 Å². The minimum Gasteiger partial charge on any atom is -0.497 e. The Balaban J connectivity index is 1.81. The van der Waals surface area contributed by atoms with E-state index in [2.05, 4.69) is 0 Å². The molecular formula is C14H21NO3. The maximum atomic E-state index is 6.29.